The smallest absolute Gasteiger partial charge is 0.258 e. The lowest BCUT2D eigenvalue weighted by Crippen LogP contribution is -2.41. The molecule has 5 nitrogen and oxygen atoms in total. The van der Waals surface area contributed by atoms with Crippen LogP contribution >= 0.6 is 0 Å². The highest BCUT2D eigenvalue weighted by atomic mass is 19.1. The number of carbonyl (C=O) groups excluding carboxylic acids is 1. The molecule has 0 fully saturated rings. The van der Waals surface area contributed by atoms with E-state index in [4.69, 9.17) is 4.74 Å². The first-order valence-electron chi connectivity index (χ1n) is 7.94. The summed E-state index contributed by atoms with van der Waals surface area (Å²) in [6.45, 7) is 0.536. The average Bonchev–Trinajstić information content (AvgIpc) is 2.63. The first kappa shape index (κ1) is 15.4. The average molecular weight is 338 g/mol. The quantitative estimate of drug-likeness (QED) is 0.722. The molecule has 0 atom stereocenters. The van der Waals surface area contributed by atoms with Gasteiger partial charge < -0.3 is 14.2 Å². The number of carbonyl (C=O) groups is 1. The number of ether oxygens (including phenoxy) is 1. The van der Waals surface area contributed by atoms with Crippen molar-refractivity contribution >= 4 is 22.4 Å². The third kappa shape index (κ3) is 2.76. The SMILES string of the molecule is O=C(Cn1ccc2ccccc2c1=O)N1CCOc2ccc(F)cc21. The van der Waals surface area contributed by atoms with Gasteiger partial charge in [-0.05, 0) is 29.7 Å². The van der Waals surface area contributed by atoms with Crippen LogP contribution in [0.1, 0.15) is 0 Å². The van der Waals surface area contributed by atoms with Crippen molar-refractivity contribution in [2.75, 3.05) is 18.1 Å². The molecule has 25 heavy (non-hydrogen) atoms. The zero-order chi connectivity index (χ0) is 17.4. The minimum absolute atomic E-state index is 0.111. The normalized spacial score (nSPS) is 13.4. The Bertz CT molecular complexity index is 1030. The fourth-order valence-corrected chi connectivity index (χ4v) is 3.04. The largest absolute Gasteiger partial charge is 0.490 e. The fourth-order valence-electron chi connectivity index (χ4n) is 3.04. The van der Waals surface area contributed by atoms with Gasteiger partial charge in [0.1, 0.15) is 24.7 Å². The van der Waals surface area contributed by atoms with Crippen molar-refractivity contribution < 1.29 is 13.9 Å². The highest BCUT2D eigenvalue weighted by molar-refractivity contribution is 5.95. The summed E-state index contributed by atoms with van der Waals surface area (Å²) in [5.74, 6) is -0.260. The first-order chi connectivity index (χ1) is 12.1. The molecule has 126 valence electrons. The molecule has 1 aliphatic rings. The Kier molecular flexibility index (Phi) is 3.72. The highest BCUT2D eigenvalue weighted by Gasteiger charge is 2.24. The Balaban J connectivity index is 1.67. The third-order valence-electron chi connectivity index (χ3n) is 4.28. The number of nitrogens with zero attached hydrogens (tertiary/aromatic N) is 2. The molecule has 0 saturated carbocycles. The molecule has 2 aromatic carbocycles. The second-order valence-electron chi connectivity index (χ2n) is 5.84. The molecule has 3 aromatic rings. The van der Waals surface area contributed by atoms with Crippen molar-refractivity contribution in [3.63, 3.8) is 0 Å². The van der Waals surface area contributed by atoms with Crippen molar-refractivity contribution in [3.05, 3.63) is 70.9 Å². The summed E-state index contributed by atoms with van der Waals surface area (Å²) in [4.78, 5) is 26.7. The molecule has 0 radical (unpaired) electrons. The molecule has 0 bridgehead atoms. The second-order valence-corrected chi connectivity index (χ2v) is 5.84. The van der Waals surface area contributed by atoms with E-state index < -0.39 is 5.82 Å². The highest BCUT2D eigenvalue weighted by Crippen LogP contribution is 2.32. The van der Waals surface area contributed by atoms with Gasteiger partial charge in [-0.1, -0.05) is 18.2 Å². The van der Waals surface area contributed by atoms with E-state index in [-0.39, 0.29) is 18.0 Å². The van der Waals surface area contributed by atoms with Crippen molar-refractivity contribution in [1.29, 1.82) is 0 Å². The van der Waals surface area contributed by atoms with Gasteiger partial charge in [-0.25, -0.2) is 4.39 Å². The Morgan fingerprint density at radius 3 is 2.88 bits per heavy atom. The van der Waals surface area contributed by atoms with Crippen LogP contribution in [0.15, 0.2) is 59.5 Å². The van der Waals surface area contributed by atoms with Crippen molar-refractivity contribution in [2.45, 2.75) is 6.54 Å². The maximum Gasteiger partial charge on any atom is 0.258 e. The van der Waals surface area contributed by atoms with E-state index in [1.807, 2.05) is 12.1 Å². The lowest BCUT2D eigenvalue weighted by molar-refractivity contribution is -0.119. The van der Waals surface area contributed by atoms with Crippen LogP contribution in [0.4, 0.5) is 10.1 Å². The van der Waals surface area contributed by atoms with E-state index in [2.05, 4.69) is 0 Å². The maximum atomic E-state index is 13.5. The van der Waals surface area contributed by atoms with Crippen LogP contribution in [-0.4, -0.2) is 23.6 Å². The Hall–Kier alpha value is -3.15. The van der Waals surface area contributed by atoms with Crippen LogP contribution in [0.2, 0.25) is 0 Å². The van der Waals surface area contributed by atoms with Gasteiger partial charge in [-0.15, -0.1) is 0 Å². The van der Waals surface area contributed by atoms with Gasteiger partial charge in [0.2, 0.25) is 5.91 Å². The zero-order valence-electron chi connectivity index (χ0n) is 13.3. The van der Waals surface area contributed by atoms with Gasteiger partial charge >= 0.3 is 0 Å². The van der Waals surface area contributed by atoms with Crippen molar-refractivity contribution in [2.24, 2.45) is 0 Å². The molecular formula is C19H15FN2O3. The minimum Gasteiger partial charge on any atom is -0.490 e. The molecule has 6 heteroatoms. The topological polar surface area (TPSA) is 51.5 Å². The molecule has 1 amide bonds. The molecule has 0 aliphatic carbocycles. The van der Waals surface area contributed by atoms with Crippen LogP contribution in [0.25, 0.3) is 10.8 Å². The number of anilines is 1. The molecule has 1 aromatic heterocycles. The lowest BCUT2D eigenvalue weighted by Gasteiger charge is -2.29. The second kappa shape index (κ2) is 6.05. The van der Waals surface area contributed by atoms with Gasteiger partial charge in [0, 0.05) is 17.6 Å². The summed E-state index contributed by atoms with van der Waals surface area (Å²) in [6, 6.07) is 13.1. The summed E-state index contributed by atoms with van der Waals surface area (Å²) in [6.07, 6.45) is 1.61. The van der Waals surface area contributed by atoms with Gasteiger partial charge in [0.05, 0.1) is 12.2 Å². The summed E-state index contributed by atoms with van der Waals surface area (Å²) < 4.78 is 20.4. The van der Waals surface area contributed by atoms with E-state index in [1.54, 1.807) is 24.4 Å². The van der Waals surface area contributed by atoms with Crippen LogP contribution in [0.3, 0.4) is 0 Å². The van der Waals surface area contributed by atoms with E-state index in [1.165, 1.54) is 27.7 Å². The first-order valence-corrected chi connectivity index (χ1v) is 7.94. The summed E-state index contributed by atoms with van der Waals surface area (Å²) in [5.41, 5.74) is 0.171. The number of benzene rings is 2. The van der Waals surface area contributed by atoms with Crippen LogP contribution in [0.5, 0.6) is 5.75 Å². The Labute approximate surface area is 142 Å². The van der Waals surface area contributed by atoms with Gasteiger partial charge in [-0.2, -0.15) is 0 Å². The van der Waals surface area contributed by atoms with E-state index in [9.17, 15) is 14.0 Å². The maximum absolute atomic E-state index is 13.5. The summed E-state index contributed by atoms with van der Waals surface area (Å²) in [5, 5.41) is 1.39. The van der Waals surface area contributed by atoms with E-state index >= 15 is 0 Å². The lowest BCUT2D eigenvalue weighted by atomic mass is 10.2. The zero-order valence-corrected chi connectivity index (χ0v) is 13.3. The fraction of sp³-hybridized carbons (Fsp3) is 0.158. The molecule has 0 N–H and O–H groups in total. The van der Waals surface area contributed by atoms with Crippen LogP contribution < -0.4 is 15.2 Å². The molecule has 1 aliphatic heterocycles. The standard InChI is InChI=1S/C19H15FN2O3/c20-14-5-6-17-16(11-14)22(9-10-25-17)18(23)12-21-8-7-13-3-1-2-4-15(13)19(21)24/h1-8,11H,9-10,12H2. The Morgan fingerprint density at radius 2 is 2.00 bits per heavy atom. The predicted octanol–water partition coefficient (Wildman–Crippen LogP) is 2.57. The number of halogens is 1. The number of fused-ring (bicyclic) bond motifs is 2. The molecule has 2 heterocycles. The number of hydrogen-bond donors (Lipinski definition) is 0. The Morgan fingerprint density at radius 1 is 1.16 bits per heavy atom. The third-order valence-corrected chi connectivity index (χ3v) is 4.28. The van der Waals surface area contributed by atoms with E-state index in [0.29, 0.717) is 30.0 Å². The molecule has 0 unspecified atom stereocenters. The number of rotatable bonds is 2. The van der Waals surface area contributed by atoms with Gasteiger partial charge in [-0.3, -0.25) is 9.59 Å². The van der Waals surface area contributed by atoms with E-state index in [0.717, 1.165) is 5.39 Å². The number of amides is 1. The molecule has 4 rings (SSSR count). The summed E-state index contributed by atoms with van der Waals surface area (Å²) in [7, 11) is 0. The number of pyridine rings is 1. The molecular weight excluding hydrogens is 323 g/mol. The minimum atomic E-state index is -0.440. The number of hydrogen-bond acceptors (Lipinski definition) is 3. The van der Waals surface area contributed by atoms with Crippen LogP contribution in [-0.2, 0) is 11.3 Å². The van der Waals surface area contributed by atoms with Gasteiger partial charge in [0.15, 0.2) is 0 Å². The van der Waals surface area contributed by atoms with Gasteiger partial charge in [0.25, 0.3) is 5.56 Å². The van der Waals surface area contributed by atoms with Crippen molar-refractivity contribution in [3.8, 4) is 5.75 Å². The predicted molar refractivity (Wildman–Crippen MR) is 92.5 cm³/mol. The molecule has 0 saturated heterocycles. The van der Waals surface area contributed by atoms with Crippen molar-refractivity contribution in [1.82, 2.24) is 4.57 Å². The summed E-state index contributed by atoms with van der Waals surface area (Å²) >= 11 is 0. The van der Waals surface area contributed by atoms with Crippen LogP contribution in [0, 0.1) is 5.82 Å². The number of aromatic nitrogens is 1. The molecule has 0 spiro atoms. The monoisotopic (exact) mass is 338 g/mol.